The average molecular weight is 280 g/mol. The van der Waals surface area contributed by atoms with Crippen LogP contribution in [0.4, 0.5) is 0 Å². The molecular weight excluding hydrogens is 262 g/mol. The van der Waals surface area contributed by atoms with Crippen molar-refractivity contribution in [3.05, 3.63) is 34.3 Å². The number of benzene rings is 1. The van der Waals surface area contributed by atoms with Gasteiger partial charge < -0.3 is 11.1 Å². The van der Waals surface area contributed by atoms with E-state index < -0.39 is 5.54 Å². The maximum absolute atomic E-state index is 12.1. The van der Waals surface area contributed by atoms with Crippen LogP contribution in [0.3, 0.4) is 0 Å². The lowest BCUT2D eigenvalue weighted by atomic mass is 9.91. The van der Waals surface area contributed by atoms with Crippen molar-refractivity contribution in [1.82, 2.24) is 10.2 Å². The Labute approximate surface area is 117 Å². The fourth-order valence-electron chi connectivity index (χ4n) is 3.27. The number of amides is 1. The molecule has 102 valence electrons. The summed E-state index contributed by atoms with van der Waals surface area (Å²) in [6, 6.07) is 5.86. The van der Waals surface area contributed by atoms with Crippen molar-refractivity contribution in [3.63, 3.8) is 0 Å². The molecule has 2 aliphatic rings. The van der Waals surface area contributed by atoms with Gasteiger partial charge in [-0.15, -0.1) is 0 Å². The van der Waals surface area contributed by atoms with Crippen LogP contribution in [0.2, 0.25) is 5.02 Å². The summed E-state index contributed by atoms with van der Waals surface area (Å²) in [5, 5.41) is 4.03. The molecule has 1 amide bonds. The van der Waals surface area contributed by atoms with Gasteiger partial charge >= 0.3 is 0 Å². The van der Waals surface area contributed by atoms with Crippen molar-refractivity contribution in [1.29, 1.82) is 0 Å². The van der Waals surface area contributed by atoms with Crippen LogP contribution in [0.15, 0.2) is 18.2 Å². The lowest BCUT2D eigenvalue weighted by Crippen LogP contribution is -2.62. The van der Waals surface area contributed by atoms with Gasteiger partial charge in [0.25, 0.3) is 0 Å². The first kappa shape index (κ1) is 12.9. The molecule has 1 aromatic rings. The maximum atomic E-state index is 12.1. The summed E-state index contributed by atoms with van der Waals surface area (Å²) in [7, 11) is 0. The lowest BCUT2D eigenvalue weighted by Gasteiger charge is -2.41. The third-order valence-electron chi connectivity index (χ3n) is 4.32. The molecule has 3 rings (SSSR count). The predicted octanol–water partition coefficient (Wildman–Crippen LogP) is 0.568. The van der Waals surface area contributed by atoms with Gasteiger partial charge in [0.05, 0.1) is 0 Å². The molecule has 19 heavy (non-hydrogen) atoms. The van der Waals surface area contributed by atoms with Gasteiger partial charge in [0.15, 0.2) is 0 Å². The predicted molar refractivity (Wildman–Crippen MR) is 75.2 cm³/mol. The second-order valence-electron chi connectivity index (χ2n) is 5.40. The number of nitrogens with two attached hydrogens (primary N) is 1. The van der Waals surface area contributed by atoms with E-state index in [0.717, 1.165) is 36.8 Å². The fraction of sp³-hybridized carbons (Fsp3) is 0.500. The highest BCUT2D eigenvalue weighted by atomic mass is 35.5. The van der Waals surface area contributed by atoms with Crippen molar-refractivity contribution in [2.24, 2.45) is 5.73 Å². The van der Waals surface area contributed by atoms with Crippen molar-refractivity contribution in [3.8, 4) is 0 Å². The zero-order chi connectivity index (χ0) is 13.5. The molecule has 0 spiro atoms. The summed E-state index contributed by atoms with van der Waals surface area (Å²) in [6.45, 7) is 3.55. The highest BCUT2D eigenvalue weighted by molar-refractivity contribution is 6.30. The Morgan fingerprint density at radius 3 is 2.63 bits per heavy atom. The number of nitrogens with one attached hydrogen (secondary N) is 1. The van der Waals surface area contributed by atoms with E-state index in [1.54, 1.807) is 0 Å². The fourth-order valence-corrected chi connectivity index (χ4v) is 3.47. The van der Waals surface area contributed by atoms with E-state index in [1.165, 1.54) is 5.56 Å². The molecule has 1 atom stereocenters. The van der Waals surface area contributed by atoms with Crippen LogP contribution in [0, 0.1) is 0 Å². The van der Waals surface area contributed by atoms with Gasteiger partial charge in [-0.05, 0) is 23.3 Å². The normalized spacial score (nSPS) is 27.2. The highest BCUT2D eigenvalue weighted by Gasteiger charge is 2.47. The quantitative estimate of drug-likeness (QED) is 0.832. The van der Waals surface area contributed by atoms with E-state index in [1.807, 2.05) is 18.2 Å². The zero-order valence-corrected chi connectivity index (χ0v) is 11.5. The lowest BCUT2D eigenvalue weighted by molar-refractivity contribution is -0.130. The first-order chi connectivity index (χ1) is 9.12. The molecular formula is C14H18ClN3O. The van der Waals surface area contributed by atoms with Gasteiger partial charge in [0, 0.05) is 44.0 Å². The summed E-state index contributed by atoms with van der Waals surface area (Å²) in [5.74, 6) is -0.221. The van der Waals surface area contributed by atoms with Gasteiger partial charge in [-0.25, -0.2) is 0 Å². The smallest absolute Gasteiger partial charge is 0.238 e. The largest absolute Gasteiger partial charge is 0.368 e. The third kappa shape index (κ3) is 2.14. The molecule has 1 aromatic carbocycles. The Bertz CT molecular complexity index is 513. The Hall–Kier alpha value is -1.10. The van der Waals surface area contributed by atoms with Gasteiger partial charge in [0.1, 0.15) is 5.54 Å². The van der Waals surface area contributed by atoms with E-state index in [9.17, 15) is 4.79 Å². The standard InChI is InChI=1S/C14H18ClN3O/c15-12-2-1-10-8-14(13(16)19,9-11(10)7-12)18-5-3-17-4-6-18/h1-2,7,17H,3-6,8-9H2,(H2,16,19). The SMILES string of the molecule is NC(=O)C1(N2CCNCC2)Cc2ccc(Cl)cc2C1. The molecule has 0 saturated carbocycles. The number of primary amides is 1. The van der Waals surface area contributed by atoms with Crippen LogP contribution in [-0.2, 0) is 17.6 Å². The molecule has 1 heterocycles. The number of carbonyl (C=O) groups is 1. The number of carbonyl (C=O) groups excluding carboxylic acids is 1. The maximum Gasteiger partial charge on any atom is 0.238 e. The van der Waals surface area contributed by atoms with Crippen LogP contribution < -0.4 is 11.1 Å². The topological polar surface area (TPSA) is 58.4 Å². The number of hydrogen-bond donors (Lipinski definition) is 2. The molecule has 1 unspecified atom stereocenters. The second-order valence-corrected chi connectivity index (χ2v) is 5.84. The first-order valence-electron chi connectivity index (χ1n) is 6.65. The molecule has 4 nitrogen and oxygen atoms in total. The number of rotatable bonds is 2. The Morgan fingerprint density at radius 1 is 1.26 bits per heavy atom. The first-order valence-corrected chi connectivity index (χ1v) is 7.03. The number of hydrogen-bond acceptors (Lipinski definition) is 3. The summed E-state index contributed by atoms with van der Waals surface area (Å²) < 4.78 is 0. The van der Waals surface area contributed by atoms with Crippen molar-refractivity contribution < 1.29 is 4.79 Å². The molecule has 3 N–H and O–H groups in total. The monoisotopic (exact) mass is 279 g/mol. The summed E-state index contributed by atoms with van der Waals surface area (Å²) >= 11 is 6.04. The Kier molecular flexibility index (Phi) is 3.25. The van der Waals surface area contributed by atoms with Gasteiger partial charge in [0.2, 0.25) is 5.91 Å². The number of halogens is 1. The van der Waals surface area contributed by atoms with E-state index in [-0.39, 0.29) is 5.91 Å². The zero-order valence-electron chi connectivity index (χ0n) is 10.8. The van der Waals surface area contributed by atoms with Crippen LogP contribution >= 0.6 is 11.6 Å². The van der Waals surface area contributed by atoms with Crippen LogP contribution in [0.25, 0.3) is 0 Å². The molecule has 0 radical (unpaired) electrons. The van der Waals surface area contributed by atoms with Crippen molar-refractivity contribution in [2.75, 3.05) is 26.2 Å². The molecule has 0 aromatic heterocycles. The van der Waals surface area contributed by atoms with Gasteiger partial charge in [-0.2, -0.15) is 0 Å². The minimum absolute atomic E-state index is 0.221. The summed E-state index contributed by atoms with van der Waals surface area (Å²) in [5.41, 5.74) is 7.54. The summed E-state index contributed by atoms with van der Waals surface area (Å²) in [6.07, 6.45) is 1.38. The molecule has 1 aliphatic heterocycles. The van der Waals surface area contributed by atoms with Crippen LogP contribution in [-0.4, -0.2) is 42.5 Å². The van der Waals surface area contributed by atoms with Crippen molar-refractivity contribution in [2.45, 2.75) is 18.4 Å². The van der Waals surface area contributed by atoms with E-state index in [2.05, 4.69) is 10.2 Å². The number of piperazine rings is 1. The minimum Gasteiger partial charge on any atom is -0.368 e. The third-order valence-corrected chi connectivity index (χ3v) is 4.55. The van der Waals surface area contributed by atoms with Gasteiger partial charge in [-0.3, -0.25) is 9.69 Å². The molecule has 1 aliphatic carbocycles. The van der Waals surface area contributed by atoms with E-state index >= 15 is 0 Å². The molecule has 1 fully saturated rings. The van der Waals surface area contributed by atoms with Crippen LogP contribution in [0.1, 0.15) is 11.1 Å². The summed E-state index contributed by atoms with van der Waals surface area (Å²) in [4.78, 5) is 14.3. The molecule has 5 heteroatoms. The number of nitrogens with zero attached hydrogens (tertiary/aromatic N) is 1. The van der Waals surface area contributed by atoms with Gasteiger partial charge in [-0.1, -0.05) is 17.7 Å². The minimum atomic E-state index is -0.560. The van der Waals surface area contributed by atoms with Crippen molar-refractivity contribution >= 4 is 17.5 Å². The number of fused-ring (bicyclic) bond motifs is 1. The molecule has 1 saturated heterocycles. The van der Waals surface area contributed by atoms with Crippen LogP contribution in [0.5, 0.6) is 0 Å². The average Bonchev–Trinajstić information content (AvgIpc) is 2.79. The highest BCUT2D eigenvalue weighted by Crippen LogP contribution is 2.36. The molecule has 0 bridgehead atoms. The Balaban J connectivity index is 1.94. The van der Waals surface area contributed by atoms with E-state index in [0.29, 0.717) is 12.8 Å². The van der Waals surface area contributed by atoms with E-state index in [4.69, 9.17) is 17.3 Å². The Morgan fingerprint density at radius 2 is 1.95 bits per heavy atom. The second kappa shape index (κ2) is 4.78.